The predicted molar refractivity (Wildman–Crippen MR) is 82.2 cm³/mol. The van der Waals surface area contributed by atoms with Gasteiger partial charge in [0.1, 0.15) is 5.69 Å². The van der Waals surface area contributed by atoms with Gasteiger partial charge in [-0.05, 0) is 44.7 Å². The maximum absolute atomic E-state index is 11.4. The van der Waals surface area contributed by atoms with Crippen LogP contribution in [0.5, 0.6) is 0 Å². The van der Waals surface area contributed by atoms with E-state index in [9.17, 15) is 14.9 Å². The van der Waals surface area contributed by atoms with Crippen LogP contribution in [0.2, 0.25) is 0 Å². The lowest BCUT2D eigenvalue weighted by atomic mass is 9.81. The quantitative estimate of drug-likeness (QED) is 0.525. The van der Waals surface area contributed by atoms with Gasteiger partial charge in [-0.3, -0.25) is 14.9 Å². The molecule has 1 saturated heterocycles. The smallest absolute Gasteiger partial charge is 0.293 e. The van der Waals surface area contributed by atoms with E-state index in [0.29, 0.717) is 17.2 Å². The fraction of sp³-hybridized carbons (Fsp3) is 0.562. The molecule has 3 atom stereocenters. The highest BCUT2D eigenvalue weighted by Crippen LogP contribution is 2.37. The van der Waals surface area contributed by atoms with Crippen molar-refractivity contribution >= 4 is 17.2 Å². The normalized spacial score (nSPS) is 27.2. The molecule has 1 N–H and O–H groups in total. The Hall–Kier alpha value is -1.95. The molecule has 0 radical (unpaired) electrons. The fourth-order valence-electron chi connectivity index (χ4n) is 3.58. The fourth-order valence-corrected chi connectivity index (χ4v) is 3.58. The van der Waals surface area contributed by atoms with Crippen LogP contribution in [-0.2, 0) is 4.74 Å². The molecule has 118 valence electrons. The van der Waals surface area contributed by atoms with Crippen molar-refractivity contribution < 1.29 is 14.5 Å². The zero-order chi connectivity index (χ0) is 15.7. The lowest BCUT2D eigenvalue weighted by molar-refractivity contribution is -0.384. The van der Waals surface area contributed by atoms with E-state index in [-0.39, 0.29) is 23.6 Å². The van der Waals surface area contributed by atoms with Crippen LogP contribution in [0.15, 0.2) is 18.2 Å². The van der Waals surface area contributed by atoms with Gasteiger partial charge in [-0.25, -0.2) is 0 Å². The lowest BCUT2D eigenvalue weighted by Crippen LogP contribution is -2.38. The number of ether oxygens (including phenoxy) is 1. The van der Waals surface area contributed by atoms with Crippen molar-refractivity contribution in [3.63, 3.8) is 0 Å². The van der Waals surface area contributed by atoms with Gasteiger partial charge in [0.05, 0.1) is 11.0 Å². The maximum atomic E-state index is 11.4. The Labute approximate surface area is 129 Å². The summed E-state index contributed by atoms with van der Waals surface area (Å²) < 4.78 is 5.73. The summed E-state index contributed by atoms with van der Waals surface area (Å²) in [6.45, 7) is 2.19. The molecular weight excluding hydrogens is 284 g/mol. The summed E-state index contributed by atoms with van der Waals surface area (Å²) in [7, 11) is 0. The number of hydrogen-bond acceptors (Lipinski definition) is 5. The van der Waals surface area contributed by atoms with E-state index in [2.05, 4.69) is 5.32 Å². The van der Waals surface area contributed by atoms with Gasteiger partial charge < -0.3 is 10.1 Å². The second-order valence-electron chi connectivity index (χ2n) is 6.09. The van der Waals surface area contributed by atoms with Crippen LogP contribution in [0, 0.1) is 16.0 Å². The molecule has 2 fully saturated rings. The second-order valence-corrected chi connectivity index (χ2v) is 6.09. The molecule has 2 aliphatic rings. The molecular formula is C16H20N2O4. The number of ketones is 1. The number of nitrogens with one attached hydrogen (secondary N) is 1. The van der Waals surface area contributed by atoms with Gasteiger partial charge in [-0.15, -0.1) is 0 Å². The molecule has 1 aliphatic carbocycles. The largest absolute Gasteiger partial charge is 0.378 e. The van der Waals surface area contributed by atoms with Crippen molar-refractivity contribution in [1.82, 2.24) is 0 Å². The van der Waals surface area contributed by atoms with Crippen molar-refractivity contribution in [2.24, 2.45) is 5.92 Å². The second kappa shape index (κ2) is 6.04. The average Bonchev–Trinajstić information content (AvgIpc) is 2.96. The first-order valence-corrected chi connectivity index (χ1v) is 7.74. The molecule has 1 saturated carbocycles. The Morgan fingerprint density at radius 1 is 1.36 bits per heavy atom. The van der Waals surface area contributed by atoms with Gasteiger partial charge in [0.15, 0.2) is 5.78 Å². The van der Waals surface area contributed by atoms with Crippen molar-refractivity contribution in [3.8, 4) is 0 Å². The van der Waals surface area contributed by atoms with E-state index in [1.807, 2.05) is 0 Å². The van der Waals surface area contributed by atoms with Gasteiger partial charge in [-0.1, -0.05) is 0 Å². The number of nitrogens with zero attached hydrogens (tertiary/aromatic N) is 1. The Morgan fingerprint density at radius 2 is 2.18 bits per heavy atom. The molecule has 6 heteroatoms. The number of nitro benzene ring substituents is 1. The van der Waals surface area contributed by atoms with Gasteiger partial charge >= 0.3 is 0 Å². The van der Waals surface area contributed by atoms with Crippen LogP contribution in [-0.4, -0.2) is 29.5 Å². The number of anilines is 1. The number of rotatable bonds is 4. The highest BCUT2D eigenvalue weighted by molar-refractivity contribution is 5.95. The summed E-state index contributed by atoms with van der Waals surface area (Å²) in [5.74, 6) is 0.248. The molecule has 3 rings (SSSR count). The Bertz CT molecular complexity index is 602. The van der Waals surface area contributed by atoms with Gasteiger partial charge in [0.25, 0.3) is 5.69 Å². The SMILES string of the molecule is CC(=O)c1ccc(NC2CCCC3OCCC23)c([N+](=O)[O-])c1. The molecule has 0 aromatic heterocycles. The van der Waals surface area contributed by atoms with E-state index >= 15 is 0 Å². The van der Waals surface area contributed by atoms with Crippen LogP contribution in [0.4, 0.5) is 11.4 Å². The number of hydrogen-bond donors (Lipinski definition) is 1. The minimum atomic E-state index is -0.430. The monoisotopic (exact) mass is 304 g/mol. The summed E-state index contributed by atoms with van der Waals surface area (Å²) in [4.78, 5) is 22.3. The third-order valence-corrected chi connectivity index (χ3v) is 4.72. The molecule has 1 aliphatic heterocycles. The standard InChI is InChI=1S/C16H20N2O4/c1-10(19)11-5-6-14(15(9-11)18(20)21)17-13-3-2-4-16-12(13)7-8-22-16/h5-6,9,12-13,16-17H,2-4,7-8H2,1H3. The van der Waals surface area contributed by atoms with Crippen molar-refractivity contribution in [1.29, 1.82) is 0 Å². The van der Waals surface area contributed by atoms with Gasteiger partial charge in [0.2, 0.25) is 0 Å². The molecule has 0 amide bonds. The third kappa shape index (κ3) is 2.83. The zero-order valence-electron chi connectivity index (χ0n) is 12.6. The van der Waals surface area contributed by atoms with Crippen LogP contribution in [0.25, 0.3) is 0 Å². The number of fused-ring (bicyclic) bond motifs is 1. The topological polar surface area (TPSA) is 81.5 Å². The first-order valence-electron chi connectivity index (χ1n) is 7.74. The van der Waals surface area contributed by atoms with Crippen molar-refractivity contribution in [3.05, 3.63) is 33.9 Å². The van der Waals surface area contributed by atoms with Gasteiger partial charge in [-0.2, -0.15) is 0 Å². The van der Waals surface area contributed by atoms with E-state index in [0.717, 1.165) is 32.3 Å². The number of carbonyl (C=O) groups excluding carboxylic acids is 1. The van der Waals surface area contributed by atoms with Crippen molar-refractivity contribution in [2.75, 3.05) is 11.9 Å². The molecule has 0 spiro atoms. The summed E-state index contributed by atoms with van der Waals surface area (Å²) in [6, 6.07) is 4.84. The summed E-state index contributed by atoms with van der Waals surface area (Å²) >= 11 is 0. The van der Waals surface area contributed by atoms with E-state index < -0.39 is 4.92 Å². The predicted octanol–water partition coefficient (Wildman–Crippen LogP) is 3.17. The van der Waals surface area contributed by atoms with E-state index in [1.165, 1.54) is 13.0 Å². The highest BCUT2D eigenvalue weighted by Gasteiger charge is 2.38. The molecule has 0 bridgehead atoms. The summed E-state index contributed by atoms with van der Waals surface area (Å²) in [5, 5.41) is 14.6. The average molecular weight is 304 g/mol. The molecule has 1 aromatic rings. The van der Waals surface area contributed by atoms with Crippen molar-refractivity contribution in [2.45, 2.75) is 44.8 Å². The van der Waals surface area contributed by atoms with E-state index in [4.69, 9.17) is 4.74 Å². The third-order valence-electron chi connectivity index (χ3n) is 4.72. The lowest BCUT2D eigenvalue weighted by Gasteiger charge is -2.33. The number of nitro groups is 1. The Balaban J connectivity index is 1.85. The summed E-state index contributed by atoms with van der Waals surface area (Å²) in [5.41, 5.74) is 0.823. The first kappa shape index (κ1) is 15.0. The minimum Gasteiger partial charge on any atom is -0.378 e. The molecule has 3 unspecified atom stereocenters. The Kier molecular flexibility index (Phi) is 4.11. The first-order chi connectivity index (χ1) is 10.6. The Morgan fingerprint density at radius 3 is 2.91 bits per heavy atom. The maximum Gasteiger partial charge on any atom is 0.293 e. The molecule has 1 heterocycles. The minimum absolute atomic E-state index is 0.0336. The number of carbonyl (C=O) groups is 1. The van der Waals surface area contributed by atoms with Crippen LogP contribution < -0.4 is 5.32 Å². The van der Waals surface area contributed by atoms with Crippen LogP contribution >= 0.6 is 0 Å². The number of Topliss-reactive ketones (excluding diaryl/α,β-unsaturated/α-hetero) is 1. The molecule has 6 nitrogen and oxygen atoms in total. The van der Waals surface area contributed by atoms with E-state index in [1.54, 1.807) is 12.1 Å². The zero-order valence-corrected chi connectivity index (χ0v) is 12.6. The number of benzene rings is 1. The highest BCUT2D eigenvalue weighted by atomic mass is 16.6. The van der Waals surface area contributed by atoms with Crippen LogP contribution in [0.3, 0.4) is 0 Å². The molecule has 22 heavy (non-hydrogen) atoms. The summed E-state index contributed by atoms with van der Waals surface area (Å²) in [6.07, 6.45) is 4.42. The van der Waals surface area contributed by atoms with Crippen LogP contribution in [0.1, 0.15) is 43.0 Å². The van der Waals surface area contributed by atoms with Gasteiger partial charge in [0, 0.05) is 30.2 Å². The molecule has 1 aromatic carbocycles.